The molecule has 0 aliphatic rings. The van der Waals surface area contributed by atoms with E-state index in [-0.39, 0.29) is 23.0 Å². The summed E-state index contributed by atoms with van der Waals surface area (Å²) in [6, 6.07) is 8.55. The first-order chi connectivity index (χ1) is 17.7. The van der Waals surface area contributed by atoms with Crippen LogP contribution in [0.15, 0.2) is 46.8 Å². The van der Waals surface area contributed by atoms with Gasteiger partial charge in [0.15, 0.2) is 4.80 Å². The fourth-order valence-electron chi connectivity index (χ4n) is 3.27. The summed E-state index contributed by atoms with van der Waals surface area (Å²) in [6.45, 7) is 7.62. The van der Waals surface area contributed by atoms with E-state index in [1.807, 2.05) is 0 Å². The third-order valence-electron chi connectivity index (χ3n) is 4.82. The van der Waals surface area contributed by atoms with Gasteiger partial charge in [0.1, 0.15) is 16.5 Å². The standard InChI is InChI=1S/C25H26ClF3N4O4S/c1-15-6-11-18(20(26)31-15)21(34)32-22-33(13-5-12-30-23(35)37-24(2,3)4)19(14-38-22)16-7-9-17(10-8-16)36-25(27,28)29/h6-11,14H,5,12-13H2,1-4H3,(H,30,35). The number of benzene rings is 1. The maximum Gasteiger partial charge on any atom is 0.573 e. The summed E-state index contributed by atoms with van der Waals surface area (Å²) in [7, 11) is 0. The molecule has 3 aromatic rings. The Kier molecular flexibility index (Phi) is 9.21. The van der Waals surface area contributed by atoms with Crippen LogP contribution < -0.4 is 14.9 Å². The average molecular weight is 571 g/mol. The molecule has 1 aromatic carbocycles. The number of rotatable bonds is 7. The molecule has 0 aliphatic carbocycles. The highest BCUT2D eigenvalue weighted by Gasteiger charge is 2.31. The van der Waals surface area contributed by atoms with E-state index in [1.165, 1.54) is 35.6 Å². The summed E-state index contributed by atoms with van der Waals surface area (Å²) in [6.07, 6.45) is -4.91. The van der Waals surface area contributed by atoms with Gasteiger partial charge in [-0.15, -0.1) is 24.5 Å². The van der Waals surface area contributed by atoms with Crippen LogP contribution in [0.1, 0.15) is 43.2 Å². The predicted molar refractivity (Wildman–Crippen MR) is 137 cm³/mol. The number of pyridine rings is 1. The van der Waals surface area contributed by atoms with Gasteiger partial charge in [-0.25, -0.2) is 9.78 Å². The Balaban J connectivity index is 1.89. The lowest BCUT2D eigenvalue weighted by Gasteiger charge is -2.19. The number of nitrogens with zero attached hydrogens (tertiary/aromatic N) is 3. The molecule has 0 aliphatic heterocycles. The van der Waals surface area contributed by atoms with Crippen molar-refractivity contribution in [2.75, 3.05) is 6.54 Å². The van der Waals surface area contributed by atoms with E-state index in [1.54, 1.807) is 49.8 Å². The lowest BCUT2D eigenvalue weighted by atomic mass is 10.1. The Morgan fingerprint density at radius 1 is 1.13 bits per heavy atom. The van der Waals surface area contributed by atoms with Crippen molar-refractivity contribution in [1.82, 2.24) is 14.9 Å². The van der Waals surface area contributed by atoms with Gasteiger partial charge in [-0.1, -0.05) is 11.6 Å². The third kappa shape index (κ3) is 8.59. The number of hydrogen-bond acceptors (Lipinski definition) is 6. The molecular weight excluding hydrogens is 545 g/mol. The molecule has 1 N–H and O–H groups in total. The summed E-state index contributed by atoms with van der Waals surface area (Å²) in [5.41, 5.74) is 1.35. The summed E-state index contributed by atoms with van der Waals surface area (Å²) in [5, 5.41) is 4.44. The van der Waals surface area contributed by atoms with E-state index in [2.05, 4.69) is 20.0 Å². The van der Waals surface area contributed by atoms with Crippen LogP contribution in [0.5, 0.6) is 5.75 Å². The predicted octanol–water partition coefficient (Wildman–Crippen LogP) is 6.13. The lowest BCUT2D eigenvalue weighted by Crippen LogP contribution is -2.33. The van der Waals surface area contributed by atoms with Crippen molar-refractivity contribution in [2.45, 2.75) is 52.6 Å². The van der Waals surface area contributed by atoms with Crippen LogP contribution in [0.4, 0.5) is 18.0 Å². The molecule has 0 spiro atoms. The van der Waals surface area contributed by atoms with Crippen LogP contribution in [0.2, 0.25) is 5.15 Å². The first kappa shape index (κ1) is 29.2. The normalized spacial score (nSPS) is 12.4. The van der Waals surface area contributed by atoms with Crippen molar-refractivity contribution in [3.05, 3.63) is 63.0 Å². The van der Waals surface area contributed by atoms with E-state index >= 15 is 0 Å². The third-order valence-corrected chi connectivity index (χ3v) is 5.98. The lowest BCUT2D eigenvalue weighted by molar-refractivity contribution is -0.274. The smallest absolute Gasteiger partial charge is 0.444 e. The molecule has 2 amide bonds. The zero-order valence-corrected chi connectivity index (χ0v) is 22.6. The molecule has 0 bridgehead atoms. The molecule has 2 aromatic heterocycles. The summed E-state index contributed by atoms with van der Waals surface area (Å²) in [5.74, 6) is -0.948. The summed E-state index contributed by atoms with van der Waals surface area (Å²) in [4.78, 5) is 33.5. The topological polar surface area (TPSA) is 94.8 Å². The Bertz CT molecular complexity index is 1360. The Morgan fingerprint density at radius 2 is 1.82 bits per heavy atom. The maximum atomic E-state index is 12.9. The molecule has 3 rings (SSSR count). The molecule has 2 heterocycles. The van der Waals surface area contributed by atoms with Gasteiger partial charge in [-0.05, 0) is 76.1 Å². The van der Waals surface area contributed by atoms with Gasteiger partial charge >= 0.3 is 12.5 Å². The van der Waals surface area contributed by atoms with Gasteiger partial charge in [0, 0.05) is 24.2 Å². The fourth-order valence-corrected chi connectivity index (χ4v) is 4.48. The molecule has 38 heavy (non-hydrogen) atoms. The minimum Gasteiger partial charge on any atom is -0.444 e. The first-order valence-electron chi connectivity index (χ1n) is 11.5. The Hall–Kier alpha value is -3.38. The van der Waals surface area contributed by atoms with E-state index in [0.29, 0.717) is 34.7 Å². The monoisotopic (exact) mass is 570 g/mol. The largest absolute Gasteiger partial charge is 0.573 e. The quantitative estimate of drug-likeness (QED) is 0.272. The molecule has 0 fully saturated rings. The van der Waals surface area contributed by atoms with Gasteiger partial charge in [-0.3, -0.25) is 4.79 Å². The SMILES string of the molecule is Cc1ccc(C(=O)N=c2scc(-c3ccc(OC(F)(F)F)cc3)n2CCCNC(=O)OC(C)(C)C)c(Cl)n1. The fraction of sp³-hybridized carbons (Fsp3) is 0.360. The number of carbonyl (C=O) groups is 2. The highest BCUT2D eigenvalue weighted by Crippen LogP contribution is 2.27. The van der Waals surface area contributed by atoms with Gasteiger partial charge < -0.3 is 19.4 Å². The van der Waals surface area contributed by atoms with Gasteiger partial charge in [0.2, 0.25) is 0 Å². The van der Waals surface area contributed by atoms with Gasteiger partial charge in [0.25, 0.3) is 5.91 Å². The second-order valence-corrected chi connectivity index (χ2v) is 10.3. The van der Waals surface area contributed by atoms with Crippen molar-refractivity contribution in [1.29, 1.82) is 0 Å². The van der Waals surface area contributed by atoms with Crippen LogP contribution in [0.3, 0.4) is 0 Å². The van der Waals surface area contributed by atoms with Crippen LogP contribution in [-0.4, -0.2) is 40.1 Å². The number of alkyl carbamates (subject to hydrolysis) is 1. The number of aromatic nitrogens is 2. The van der Waals surface area contributed by atoms with Crippen LogP contribution in [-0.2, 0) is 11.3 Å². The van der Waals surface area contributed by atoms with Crippen molar-refractivity contribution in [3.8, 4) is 17.0 Å². The number of amides is 2. The van der Waals surface area contributed by atoms with E-state index in [0.717, 1.165) is 0 Å². The number of ether oxygens (including phenoxy) is 2. The molecule has 0 unspecified atom stereocenters. The Morgan fingerprint density at radius 3 is 2.42 bits per heavy atom. The maximum absolute atomic E-state index is 12.9. The molecular formula is C25H26ClF3N4O4S. The number of aryl methyl sites for hydroxylation is 1. The molecule has 0 atom stereocenters. The van der Waals surface area contributed by atoms with E-state index in [4.69, 9.17) is 16.3 Å². The second kappa shape index (κ2) is 12.0. The molecule has 0 saturated heterocycles. The highest BCUT2D eigenvalue weighted by molar-refractivity contribution is 7.07. The molecule has 13 heteroatoms. The van der Waals surface area contributed by atoms with Gasteiger partial charge in [0.05, 0.1) is 11.3 Å². The highest BCUT2D eigenvalue weighted by atomic mass is 35.5. The van der Waals surface area contributed by atoms with E-state index < -0.39 is 24.0 Å². The zero-order valence-electron chi connectivity index (χ0n) is 21.1. The van der Waals surface area contributed by atoms with Gasteiger partial charge in [-0.2, -0.15) is 4.99 Å². The first-order valence-corrected chi connectivity index (χ1v) is 12.7. The van der Waals surface area contributed by atoms with Crippen molar-refractivity contribution >= 4 is 34.9 Å². The van der Waals surface area contributed by atoms with Crippen molar-refractivity contribution < 1.29 is 32.2 Å². The number of carbonyl (C=O) groups excluding carboxylic acids is 2. The van der Waals surface area contributed by atoms with Crippen molar-refractivity contribution in [2.24, 2.45) is 4.99 Å². The number of nitrogens with one attached hydrogen (secondary N) is 1. The zero-order chi connectivity index (χ0) is 28.1. The van der Waals surface area contributed by atoms with Crippen molar-refractivity contribution in [3.63, 3.8) is 0 Å². The number of alkyl halides is 3. The number of halogens is 4. The van der Waals surface area contributed by atoms with E-state index in [9.17, 15) is 22.8 Å². The van der Waals surface area contributed by atoms with Crippen LogP contribution >= 0.6 is 22.9 Å². The molecule has 0 radical (unpaired) electrons. The minimum absolute atomic E-state index is 0.0314. The molecule has 0 saturated carbocycles. The summed E-state index contributed by atoms with van der Waals surface area (Å²) >= 11 is 7.31. The number of hydrogen-bond donors (Lipinski definition) is 1. The van der Waals surface area contributed by atoms with Crippen LogP contribution in [0, 0.1) is 6.92 Å². The molecule has 204 valence electrons. The summed E-state index contributed by atoms with van der Waals surface area (Å²) < 4.78 is 48.6. The average Bonchev–Trinajstić information content (AvgIpc) is 3.17. The van der Waals surface area contributed by atoms with Crippen LogP contribution in [0.25, 0.3) is 11.3 Å². The molecule has 8 nitrogen and oxygen atoms in total. The number of thiazole rings is 1. The Labute approximate surface area is 226 Å². The second-order valence-electron chi connectivity index (χ2n) is 9.12. The minimum atomic E-state index is -4.80.